The molecule has 27 heavy (non-hydrogen) atoms. The van der Waals surface area contributed by atoms with E-state index in [9.17, 15) is 0 Å². The third kappa shape index (κ3) is 3.42. The first-order valence-corrected chi connectivity index (χ1v) is 14.2. The van der Waals surface area contributed by atoms with E-state index in [1.807, 2.05) is 11.8 Å². The van der Waals surface area contributed by atoms with Gasteiger partial charge in [0.2, 0.25) is 0 Å². The summed E-state index contributed by atoms with van der Waals surface area (Å²) in [6.07, 6.45) is 1.11. The highest BCUT2D eigenvalue weighted by molar-refractivity contribution is 8.00. The standard InChI is InChI=1S/C23H32O2SSi/c1-7-18-26-23(25-27(4,5)6)21(2,3)24-22(23,19-14-10-8-11-15-19)20-16-12-9-13-17-20/h8-17H,7,18H2,1-6H3. The Morgan fingerprint density at radius 2 is 1.37 bits per heavy atom. The fourth-order valence-corrected chi connectivity index (χ4v) is 7.68. The monoisotopic (exact) mass is 400 g/mol. The zero-order valence-electron chi connectivity index (χ0n) is 17.4. The van der Waals surface area contributed by atoms with Gasteiger partial charge >= 0.3 is 0 Å². The minimum atomic E-state index is -1.86. The highest BCUT2D eigenvalue weighted by Crippen LogP contribution is 2.67. The summed E-state index contributed by atoms with van der Waals surface area (Å²) in [5.41, 5.74) is 1.33. The van der Waals surface area contributed by atoms with Gasteiger partial charge in [-0.1, -0.05) is 67.6 Å². The average Bonchev–Trinajstić information content (AvgIpc) is 2.63. The number of ether oxygens (including phenoxy) is 1. The molecule has 1 aliphatic heterocycles. The van der Waals surface area contributed by atoms with Gasteiger partial charge in [0, 0.05) is 0 Å². The number of thioether (sulfide) groups is 1. The smallest absolute Gasteiger partial charge is 0.185 e. The Morgan fingerprint density at radius 3 is 1.74 bits per heavy atom. The first kappa shape index (κ1) is 20.7. The maximum absolute atomic E-state index is 7.08. The molecule has 2 aromatic rings. The van der Waals surface area contributed by atoms with Crippen molar-refractivity contribution in [2.45, 2.75) is 63.0 Å². The summed E-state index contributed by atoms with van der Waals surface area (Å²) in [6.45, 7) is 13.4. The molecule has 0 radical (unpaired) electrons. The van der Waals surface area contributed by atoms with Crippen LogP contribution < -0.4 is 0 Å². The largest absolute Gasteiger partial charge is 0.398 e. The van der Waals surface area contributed by atoms with Crippen LogP contribution in [0.15, 0.2) is 60.7 Å². The van der Waals surface area contributed by atoms with E-state index in [-0.39, 0.29) is 0 Å². The molecule has 1 atom stereocenters. The molecule has 4 heteroatoms. The predicted molar refractivity (Wildman–Crippen MR) is 119 cm³/mol. The molecule has 1 aliphatic rings. The lowest BCUT2D eigenvalue weighted by Crippen LogP contribution is -2.78. The van der Waals surface area contributed by atoms with E-state index in [2.05, 4.69) is 101 Å². The maximum atomic E-state index is 7.08. The van der Waals surface area contributed by atoms with Crippen LogP contribution in [0.3, 0.4) is 0 Å². The van der Waals surface area contributed by atoms with Crippen LogP contribution in [0.25, 0.3) is 0 Å². The molecule has 146 valence electrons. The zero-order valence-corrected chi connectivity index (χ0v) is 19.2. The van der Waals surface area contributed by atoms with E-state index in [4.69, 9.17) is 9.16 Å². The summed E-state index contributed by atoms with van der Waals surface area (Å²) < 4.78 is 13.9. The molecule has 0 saturated carbocycles. The van der Waals surface area contributed by atoms with Crippen LogP contribution in [0.2, 0.25) is 19.6 Å². The fourth-order valence-electron chi connectivity index (χ4n) is 4.08. The van der Waals surface area contributed by atoms with Gasteiger partial charge in [-0.25, -0.2) is 0 Å². The van der Waals surface area contributed by atoms with Crippen molar-refractivity contribution in [1.82, 2.24) is 0 Å². The van der Waals surface area contributed by atoms with Gasteiger partial charge in [0.05, 0.1) is 0 Å². The summed E-state index contributed by atoms with van der Waals surface area (Å²) in [5.74, 6) is 1.04. The summed E-state index contributed by atoms with van der Waals surface area (Å²) >= 11 is 1.93. The highest BCUT2D eigenvalue weighted by Gasteiger charge is 2.75. The molecule has 0 aromatic heterocycles. The molecule has 0 bridgehead atoms. The van der Waals surface area contributed by atoms with Gasteiger partial charge in [-0.2, -0.15) is 0 Å². The SMILES string of the molecule is CCCSC1(O[Si](C)(C)C)C(C)(C)OC1(c1ccccc1)c1ccccc1. The minimum Gasteiger partial charge on any atom is -0.398 e. The molecule has 1 fully saturated rings. The fraction of sp³-hybridized carbons (Fsp3) is 0.478. The summed E-state index contributed by atoms with van der Waals surface area (Å²) in [4.78, 5) is -0.469. The van der Waals surface area contributed by atoms with Crippen LogP contribution in [0.5, 0.6) is 0 Å². The van der Waals surface area contributed by atoms with Crippen molar-refractivity contribution in [2.24, 2.45) is 0 Å². The van der Waals surface area contributed by atoms with Gasteiger partial charge in [0.15, 0.2) is 18.9 Å². The van der Waals surface area contributed by atoms with E-state index >= 15 is 0 Å². The molecule has 1 saturated heterocycles. The van der Waals surface area contributed by atoms with Crippen LogP contribution >= 0.6 is 11.8 Å². The number of benzene rings is 2. The molecule has 2 aromatic carbocycles. The second kappa shape index (κ2) is 7.40. The third-order valence-electron chi connectivity index (χ3n) is 4.98. The van der Waals surface area contributed by atoms with E-state index < -0.39 is 24.5 Å². The lowest BCUT2D eigenvalue weighted by molar-refractivity contribution is -0.336. The minimum absolute atomic E-state index is 0.390. The number of hydrogen-bond donors (Lipinski definition) is 0. The molecule has 0 amide bonds. The summed E-state index contributed by atoms with van der Waals surface area (Å²) in [5, 5.41) is 0. The van der Waals surface area contributed by atoms with Gasteiger partial charge in [-0.15, -0.1) is 11.8 Å². The first-order valence-electron chi connectivity index (χ1n) is 9.84. The van der Waals surface area contributed by atoms with Crippen molar-refractivity contribution in [3.05, 3.63) is 71.8 Å². The molecule has 0 N–H and O–H groups in total. The van der Waals surface area contributed by atoms with Crippen LogP contribution in [0, 0.1) is 0 Å². The third-order valence-corrected chi connectivity index (χ3v) is 7.93. The Hall–Kier alpha value is -1.07. The lowest BCUT2D eigenvalue weighted by Gasteiger charge is -2.69. The first-order chi connectivity index (χ1) is 12.7. The highest BCUT2D eigenvalue weighted by atomic mass is 32.2. The van der Waals surface area contributed by atoms with Crippen LogP contribution in [-0.4, -0.2) is 24.6 Å². The van der Waals surface area contributed by atoms with Crippen LogP contribution in [0.1, 0.15) is 38.3 Å². The molecular weight excluding hydrogens is 368 g/mol. The van der Waals surface area contributed by atoms with Crippen molar-refractivity contribution in [3.8, 4) is 0 Å². The molecule has 3 rings (SSSR count). The Balaban J connectivity index is 2.27. The van der Waals surface area contributed by atoms with E-state index in [0.29, 0.717) is 0 Å². The van der Waals surface area contributed by atoms with Gasteiger partial charge in [0.25, 0.3) is 0 Å². The molecule has 0 aliphatic carbocycles. The average molecular weight is 401 g/mol. The normalized spacial score (nSPS) is 23.6. The lowest BCUT2D eigenvalue weighted by atomic mass is 9.69. The van der Waals surface area contributed by atoms with Crippen LogP contribution in [0.4, 0.5) is 0 Å². The Morgan fingerprint density at radius 1 is 0.889 bits per heavy atom. The Kier molecular flexibility index (Phi) is 5.66. The topological polar surface area (TPSA) is 18.5 Å². The molecular formula is C23H32O2SSi. The molecule has 2 nitrogen and oxygen atoms in total. The second-order valence-corrected chi connectivity index (χ2v) is 14.4. The number of rotatable bonds is 7. The van der Waals surface area contributed by atoms with E-state index in [0.717, 1.165) is 23.3 Å². The quantitative estimate of drug-likeness (QED) is 0.394. The van der Waals surface area contributed by atoms with Crippen LogP contribution in [-0.2, 0) is 14.8 Å². The van der Waals surface area contributed by atoms with E-state index in [1.165, 1.54) is 0 Å². The predicted octanol–water partition coefficient (Wildman–Crippen LogP) is 6.43. The van der Waals surface area contributed by atoms with Crippen molar-refractivity contribution in [3.63, 3.8) is 0 Å². The number of hydrogen-bond acceptors (Lipinski definition) is 3. The summed E-state index contributed by atoms with van der Waals surface area (Å²) in [7, 11) is -1.86. The summed E-state index contributed by atoms with van der Waals surface area (Å²) in [6, 6.07) is 21.2. The van der Waals surface area contributed by atoms with Gasteiger partial charge in [-0.05, 0) is 56.8 Å². The van der Waals surface area contributed by atoms with Crippen molar-refractivity contribution >= 4 is 20.1 Å². The Labute approximate surface area is 169 Å². The Bertz CT molecular complexity index is 715. The van der Waals surface area contributed by atoms with Gasteiger partial charge in [0.1, 0.15) is 5.60 Å². The van der Waals surface area contributed by atoms with Gasteiger partial charge in [-0.3, -0.25) is 0 Å². The van der Waals surface area contributed by atoms with Gasteiger partial charge < -0.3 is 9.16 Å². The second-order valence-electron chi connectivity index (χ2n) is 8.71. The zero-order chi connectivity index (χ0) is 19.8. The maximum Gasteiger partial charge on any atom is 0.185 e. The molecule has 0 spiro atoms. The van der Waals surface area contributed by atoms with E-state index in [1.54, 1.807) is 0 Å². The van der Waals surface area contributed by atoms with Crippen molar-refractivity contribution in [1.29, 1.82) is 0 Å². The molecule has 1 unspecified atom stereocenters. The van der Waals surface area contributed by atoms with Crippen molar-refractivity contribution in [2.75, 3.05) is 5.75 Å². The molecule has 1 heterocycles. The van der Waals surface area contributed by atoms with Crippen molar-refractivity contribution < 1.29 is 9.16 Å².